The van der Waals surface area contributed by atoms with E-state index in [1.165, 1.54) is 0 Å². The molecule has 0 aromatic heterocycles. The van der Waals surface area contributed by atoms with Crippen LogP contribution in [0.1, 0.15) is 41.0 Å². The Labute approximate surface area is 170 Å². The molecular formula is C21H25N3O3S. The van der Waals surface area contributed by atoms with Gasteiger partial charge in [0.05, 0.1) is 17.9 Å². The zero-order chi connectivity index (χ0) is 20.5. The molecule has 2 aromatic rings. The molecule has 0 spiro atoms. The number of amides is 2. The van der Waals surface area contributed by atoms with Gasteiger partial charge in [0.1, 0.15) is 5.75 Å². The Bertz CT molecular complexity index is 835. The van der Waals surface area contributed by atoms with Crippen molar-refractivity contribution in [3.05, 3.63) is 59.7 Å². The molecule has 0 saturated heterocycles. The number of benzene rings is 2. The van der Waals surface area contributed by atoms with E-state index < -0.39 is 0 Å². The van der Waals surface area contributed by atoms with Crippen molar-refractivity contribution in [2.24, 2.45) is 5.92 Å². The summed E-state index contributed by atoms with van der Waals surface area (Å²) in [5, 5.41) is 8.18. The molecular weight excluding hydrogens is 374 g/mol. The van der Waals surface area contributed by atoms with Crippen molar-refractivity contribution >= 4 is 34.8 Å². The standard InChI is InChI=1S/C21H25N3O3S/c1-14(2)12-13-27-16-10-8-15(9-11-16)19(25)24-21(28)23-18-7-5-4-6-17(18)20(26)22-3/h4-11,14H,12-13H2,1-3H3,(H,22,26)(H2,23,24,25,28). The van der Waals surface area contributed by atoms with Crippen LogP contribution in [0.2, 0.25) is 0 Å². The predicted octanol–water partition coefficient (Wildman–Crippen LogP) is 3.60. The molecule has 0 fully saturated rings. The molecule has 28 heavy (non-hydrogen) atoms. The number of carbonyl (C=O) groups is 2. The van der Waals surface area contributed by atoms with E-state index in [1.807, 2.05) is 0 Å². The van der Waals surface area contributed by atoms with Crippen LogP contribution < -0.4 is 20.7 Å². The number of para-hydroxylation sites is 1. The number of carbonyl (C=O) groups excluding carboxylic acids is 2. The Morgan fingerprint density at radius 3 is 2.36 bits per heavy atom. The first kappa shape index (κ1) is 21.4. The van der Waals surface area contributed by atoms with Gasteiger partial charge in [-0.15, -0.1) is 0 Å². The minimum atomic E-state index is -0.344. The van der Waals surface area contributed by atoms with Crippen molar-refractivity contribution in [1.29, 1.82) is 0 Å². The van der Waals surface area contributed by atoms with Crippen LogP contribution >= 0.6 is 12.2 Å². The van der Waals surface area contributed by atoms with Gasteiger partial charge in [0.25, 0.3) is 11.8 Å². The van der Waals surface area contributed by atoms with E-state index in [4.69, 9.17) is 17.0 Å². The summed E-state index contributed by atoms with van der Waals surface area (Å²) >= 11 is 5.20. The molecule has 0 aliphatic carbocycles. The third-order valence-corrected chi connectivity index (χ3v) is 4.16. The zero-order valence-corrected chi connectivity index (χ0v) is 17.1. The second-order valence-electron chi connectivity index (χ2n) is 6.59. The Hall–Kier alpha value is -2.93. The van der Waals surface area contributed by atoms with Crippen molar-refractivity contribution in [1.82, 2.24) is 10.6 Å². The van der Waals surface area contributed by atoms with E-state index in [9.17, 15) is 9.59 Å². The first-order valence-corrected chi connectivity index (χ1v) is 9.48. The van der Waals surface area contributed by atoms with Crippen LogP contribution in [0, 0.1) is 5.92 Å². The SMILES string of the molecule is CNC(=O)c1ccccc1NC(=S)NC(=O)c1ccc(OCCC(C)C)cc1. The number of anilines is 1. The van der Waals surface area contributed by atoms with Crippen molar-refractivity contribution in [3.63, 3.8) is 0 Å². The molecule has 0 atom stereocenters. The van der Waals surface area contributed by atoms with Crippen molar-refractivity contribution in [2.45, 2.75) is 20.3 Å². The molecule has 0 heterocycles. The molecule has 2 amide bonds. The lowest BCUT2D eigenvalue weighted by molar-refractivity contribution is 0.0961. The monoisotopic (exact) mass is 399 g/mol. The number of hydrogen-bond donors (Lipinski definition) is 3. The van der Waals surface area contributed by atoms with E-state index >= 15 is 0 Å². The van der Waals surface area contributed by atoms with Crippen LogP contribution in [-0.4, -0.2) is 30.6 Å². The summed E-state index contributed by atoms with van der Waals surface area (Å²) in [6, 6.07) is 13.8. The fourth-order valence-electron chi connectivity index (χ4n) is 2.37. The molecule has 2 aromatic carbocycles. The average molecular weight is 400 g/mol. The van der Waals surface area contributed by atoms with Crippen LogP contribution in [0.25, 0.3) is 0 Å². The van der Waals surface area contributed by atoms with E-state index in [0.29, 0.717) is 29.3 Å². The Morgan fingerprint density at radius 2 is 1.71 bits per heavy atom. The highest BCUT2D eigenvalue weighted by Gasteiger charge is 2.12. The molecule has 0 aliphatic rings. The van der Waals surface area contributed by atoms with Gasteiger partial charge in [-0.2, -0.15) is 0 Å². The Morgan fingerprint density at radius 1 is 1.04 bits per heavy atom. The van der Waals surface area contributed by atoms with Gasteiger partial charge in [0.2, 0.25) is 0 Å². The molecule has 6 nitrogen and oxygen atoms in total. The second kappa shape index (κ2) is 10.4. The van der Waals surface area contributed by atoms with Gasteiger partial charge >= 0.3 is 0 Å². The van der Waals surface area contributed by atoms with Crippen molar-refractivity contribution < 1.29 is 14.3 Å². The molecule has 0 bridgehead atoms. The Kier molecular flexibility index (Phi) is 7.95. The highest BCUT2D eigenvalue weighted by Crippen LogP contribution is 2.16. The highest BCUT2D eigenvalue weighted by molar-refractivity contribution is 7.80. The summed E-state index contributed by atoms with van der Waals surface area (Å²) in [7, 11) is 1.55. The molecule has 0 aliphatic heterocycles. The lowest BCUT2D eigenvalue weighted by Gasteiger charge is -2.13. The lowest BCUT2D eigenvalue weighted by atomic mass is 10.1. The van der Waals surface area contributed by atoms with Gasteiger partial charge in [-0.1, -0.05) is 26.0 Å². The maximum atomic E-state index is 12.4. The van der Waals surface area contributed by atoms with Gasteiger partial charge in [0, 0.05) is 12.6 Å². The number of thiocarbonyl (C=S) groups is 1. The van der Waals surface area contributed by atoms with Crippen LogP contribution in [0.5, 0.6) is 5.75 Å². The molecule has 3 N–H and O–H groups in total. The number of ether oxygens (including phenoxy) is 1. The quantitative estimate of drug-likeness (QED) is 0.620. The number of hydrogen-bond acceptors (Lipinski definition) is 4. The van der Waals surface area contributed by atoms with E-state index in [-0.39, 0.29) is 16.9 Å². The molecule has 0 unspecified atom stereocenters. The van der Waals surface area contributed by atoms with Crippen LogP contribution in [-0.2, 0) is 0 Å². The minimum Gasteiger partial charge on any atom is -0.494 e. The van der Waals surface area contributed by atoms with Crippen molar-refractivity contribution in [3.8, 4) is 5.75 Å². The zero-order valence-electron chi connectivity index (χ0n) is 16.2. The first-order valence-electron chi connectivity index (χ1n) is 9.07. The topological polar surface area (TPSA) is 79.5 Å². The fraction of sp³-hybridized carbons (Fsp3) is 0.286. The van der Waals surface area contributed by atoms with Gasteiger partial charge < -0.3 is 15.4 Å². The number of nitrogens with one attached hydrogen (secondary N) is 3. The summed E-state index contributed by atoms with van der Waals surface area (Å²) < 4.78 is 5.65. The highest BCUT2D eigenvalue weighted by atomic mass is 32.1. The second-order valence-corrected chi connectivity index (χ2v) is 7.00. The van der Waals surface area contributed by atoms with Gasteiger partial charge in [0.15, 0.2) is 5.11 Å². The maximum Gasteiger partial charge on any atom is 0.257 e. The largest absolute Gasteiger partial charge is 0.494 e. The smallest absolute Gasteiger partial charge is 0.257 e. The fourth-order valence-corrected chi connectivity index (χ4v) is 2.57. The van der Waals surface area contributed by atoms with Crippen LogP contribution in [0.4, 0.5) is 5.69 Å². The minimum absolute atomic E-state index is 0.110. The molecule has 0 radical (unpaired) electrons. The molecule has 2 rings (SSSR count). The summed E-state index contributed by atoms with van der Waals surface area (Å²) in [4.78, 5) is 24.3. The predicted molar refractivity (Wildman–Crippen MR) is 115 cm³/mol. The normalized spacial score (nSPS) is 10.3. The number of rotatable bonds is 7. The lowest BCUT2D eigenvalue weighted by Crippen LogP contribution is -2.34. The van der Waals surface area contributed by atoms with Gasteiger partial charge in [-0.3, -0.25) is 14.9 Å². The summed E-state index contributed by atoms with van der Waals surface area (Å²) in [5.74, 6) is 0.707. The van der Waals surface area contributed by atoms with Crippen molar-refractivity contribution in [2.75, 3.05) is 19.0 Å². The summed E-state index contributed by atoms with van der Waals surface area (Å²) in [6.07, 6.45) is 0.972. The van der Waals surface area contributed by atoms with E-state index in [1.54, 1.807) is 55.6 Å². The first-order chi connectivity index (χ1) is 13.4. The van der Waals surface area contributed by atoms with Gasteiger partial charge in [-0.05, 0) is 61.0 Å². The Balaban J connectivity index is 1.94. The average Bonchev–Trinajstić information content (AvgIpc) is 2.68. The third kappa shape index (κ3) is 6.35. The molecule has 7 heteroatoms. The van der Waals surface area contributed by atoms with E-state index in [0.717, 1.165) is 12.2 Å². The van der Waals surface area contributed by atoms with Gasteiger partial charge in [-0.25, -0.2) is 0 Å². The molecule has 148 valence electrons. The summed E-state index contributed by atoms with van der Waals surface area (Å²) in [6.45, 7) is 4.92. The summed E-state index contributed by atoms with van der Waals surface area (Å²) in [5.41, 5.74) is 1.41. The maximum absolute atomic E-state index is 12.4. The van der Waals surface area contributed by atoms with Crippen LogP contribution in [0.15, 0.2) is 48.5 Å². The molecule has 0 saturated carbocycles. The van der Waals surface area contributed by atoms with Crippen LogP contribution in [0.3, 0.4) is 0 Å². The van der Waals surface area contributed by atoms with E-state index in [2.05, 4.69) is 29.8 Å². The third-order valence-electron chi connectivity index (χ3n) is 3.95.